The molecule has 2 heteroatoms. The average Bonchev–Trinajstić information content (AvgIpc) is 1.37. The Hall–Kier alpha value is 0.00948. The summed E-state index contributed by atoms with van der Waals surface area (Å²) in [5, 5.41) is 7.62. The summed E-state index contributed by atoms with van der Waals surface area (Å²) in [6.07, 6.45) is 0.625. The van der Waals surface area contributed by atoms with Crippen molar-refractivity contribution in [3.8, 4) is 6.07 Å². The molecule has 0 bridgehead atoms. The molecule has 1 nitrogen and oxygen atoms in total. The molecule has 0 aliphatic carbocycles. The summed E-state index contributed by atoms with van der Waals surface area (Å²) >= 11 is 0. The first-order valence-corrected chi connectivity index (χ1v) is 1.28. The molecular formula is C3H5FeN. The van der Waals surface area contributed by atoms with Crippen molar-refractivity contribution in [2.24, 2.45) is 0 Å². The fourth-order valence-corrected chi connectivity index (χ4v) is 0. The summed E-state index contributed by atoms with van der Waals surface area (Å²) < 4.78 is 0. The molecule has 0 radical (unpaired) electrons. The van der Waals surface area contributed by atoms with Crippen LogP contribution < -0.4 is 0 Å². The Kier molecular flexibility index (Phi) is 16.0. The second-order valence-electron chi connectivity index (χ2n) is 0.512. The first-order valence-electron chi connectivity index (χ1n) is 1.28. The van der Waals surface area contributed by atoms with Gasteiger partial charge in [-0.25, -0.2) is 0 Å². The van der Waals surface area contributed by atoms with E-state index in [-0.39, 0.29) is 17.1 Å². The van der Waals surface area contributed by atoms with Crippen LogP contribution in [0.4, 0.5) is 0 Å². The van der Waals surface area contributed by atoms with Crippen LogP contribution in [0.15, 0.2) is 0 Å². The fourth-order valence-electron chi connectivity index (χ4n) is 0. The van der Waals surface area contributed by atoms with Gasteiger partial charge in [-0.2, -0.15) is 5.26 Å². The zero-order valence-corrected chi connectivity index (χ0v) is 4.11. The SMILES string of the molecule is CCC#N.[Fe]. The predicted octanol–water partition coefficient (Wildman–Crippen LogP) is 0.917. The largest absolute Gasteiger partial charge is 0.198 e. The molecule has 0 N–H and O–H groups in total. The van der Waals surface area contributed by atoms with Crippen LogP contribution in [0.5, 0.6) is 0 Å². The molecule has 0 heterocycles. The second-order valence-corrected chi connectivity index (χ2v) is 0.512. The minimum atomic E-state index is 0. The zero-order chi connectivity index (χ0) is 3.41. The van der Waals surface area contributed by atoms with Crippen LogP contribution in [0, 0.1) is 11.3 Å². The van der Waals surface area contributed by atoms with Crippen molar-refractivity contribution in [1.82, 2.24) is 0 Å². The molecule has 0 aliphatic rings. The van der Waals surface area contributed by atoms with Crippen molar-refractivity contribution in [1.29, 1.82) is 5.26 Å². The summed E-state index contributed by atoms with van der Waals surface area (Å²) in [4.78, 5) is 0. The molecule has 0 unspecified atom stereocenters. The Bertz CT molecular complexity index is 36.6. The van der Waals surface area contributed by atoms with E-state index in [4.69, 9.17) is 5.26 Å². The van der Waals surface area contributed by atoms with E-state index in [1.54, 1.807) is 0 Å². The fraction of sp³-hybridized carbons (Fsp3) is 0.667. The quantitative estimate of drug-likeness (QED) is 0.426. The van der Waals surface area contributed by atoms with Gasteiger partial charge in [0.05, 0.1) is 6.07 Å². The maximum atomic E-state index is 7.62. The van der Waals surface area contributed by atoms with E-state index in [0.29, 0.717) is 6.42 Å². The topological polar surface area (TPSA) is 23.8 Å². The molecule has 0 fully saturated rings. The number of hydrogen-bond donors (Lipinski definition) is 0. The maximum absolute atomic E-state index is 7.62. The van der Waals surface area contributed by atoms with E-state index in [9.17, 15) is 0 Å². The summed E-state index contributed by atoms with van der Waals surface area (Å²) in [5.74, 6) is 0. The molecule has 30 valence electrons. The molecule has 0 rings (SSSR count). The second kappa shape index (κ2) is 8.99. The zero-order valence-electron chi connectivity index (χ0n) is 3.01. The molecular weight excluding hydrogens is 106 g/mol. The van der Waals surface area contributed by atoms with Crippen LogP contribution in [-0.4, -0.2) is 0 Å². The molecule has 0 aliphatic heterocycles. The van der Waals surface area contributed by atoms with E-state index in [1.807, 2.05) is 13.0 Å². The molecule has 0 amide bonds. The third-order valence-electron chi connectivity index (χ3n) is 0.158. The third-order valence-corrected chi connectivity index (χ3v) is 0.158. The van der Waals surface area contributed by atoms with Gasteiger partial charge in [0.2, 0.25) is 0 Å². The maximum Gasteiger partial charge on any atom is 0.0618 e. The van der Waals surface area contributed by atoms with Gasteiger partial charge in [-0.1, -0.05) is 6.92 Å². The summed E-state index contributed by atoms with van der Waals surface area (Å²) in [5.41, 5.74) is 0. The van der Waals surface area contributed by atoms with Crippen LogP contribution in [0.2, 0.25) is 0 Å². The van der Waals surface area contributed by atoms with E-state index in [0.717, 1.165) is 0 Å². The van der Waals surface area contributed by atoms with Gasteiger partial charge in [-0.05, 0) is 0 Å². The van der Waals surface area contributed by atoms with E-state index in [2.05, 4.69) is 0 Å². The molecule has 0 atom stereocenters. The Labute approximate surface area is 42.5 Å². The van der Waals surface area contributed by atoms with Crippen molar-refractivity contribution in [2.45, 2.75) is 13.3 Å². The standard InChI is InChI=1S/C3H5N.Fe/c1-2-3-4;/h2H2,1H3;. The number of rotatable bonds is 0. The van der Waals surface area contributed by atoms with Gasteiger partial charge in [0, 0.05) is 23.5 Å². The first-order chi connectivity index (χ1) is 1.91. The van der Waals surface area contributed by atoms with Crippen LogP contribution >= 0.6 is 0 Å². The van der Waals surface area contributed by atoms with Crippen molar-refractivity contribution < 1.29 is 17.1 Å². The predicted molar refractivity (Wildman–Crippen MR) is 15.9 cm³/mol. The van der Waals surface area contributed by atoms with Gasteiger partial charge in [-0.15, -0.1) is 0 Å². The van der Waals surface area contributed by atoms with Crippen LogP contribution in [0.25, 0.3) is 0 Å². The van der Waals surface area contributed by atoms with Gasteiger partial charge in [0.15, 0.2) is 0 Å². The molecule has 0 spiro atoms. The minimum Gasteiger partial charge on any atom is -0.198 e. The Balaban J connectivity index is 0. The van der Waals surface area contributed by atoms with Crippen molar-refractivity contribution in [3.63, 3.8) is 0 Å². The molecule has 0 aromatic rings. The van der Waals surface area contributed by atoms with Crippen molar-refractivity contribution in [2.75, 3.05) is 0 Å². The van der Waals surface area contributed by atoms with Crippen molar-refractivity contribution >= 4 is 0 Å². The summed E-state index contributed by atoms with van der Waals surface area (Å²) in [6.45, 7) is 1.82. The van der Waals surface area contributed by atoms with Crippen LogP contribution in [-0.2, 0) is 17.1 Å². The summed E-state index contributed by atoms with van der Waals surface area (Å²) in [7, 11) is 0. The molecule has 0 aromatic carbocycles. The molecule has 0 saturated heterocycles. The van der Waals surface area contributed by atoms with Gasteiger partial charge in [-0.3, -0.25) is 0 Å². The van der Waals surface area contributed by atoms with Crippen LogP contribution in [0.1, 0.15) is 13.3 Å². The molecule has 0 saturated carbocycles. The van der Waals surface area contributed by atoms with E-state index in [1.165, 1.54) is 0 Å². The van der Waals surface area contributed by atoms with E-state index >= 15 is 0 Å². The normalized spacial score (nSPS) is 4.00. The summed E-state index contributed by atoms with van der Waals surface area (Å²) in [6, 6.07) is 1.93. The number of nitrogens with zero attached hydrogens (tertiary/aromatic N) is 1. The Morgan fingerprint density at radius 3 is 2.00 bits per heavy atom. The third kappa shape index (κ3) is 15.9. The minimum absolute atomic E-state index is 0. The van der Waals surface area contributed by atoms with Gasteiger partial charge >= 0.3 is 0 Å². The van der Waals surface area contributed by atoms with Crippen LogP contribution in [0.3, 0.4) is 0 Å². The smallest absolute Gasteiger partial charge is 0.0618 e. The van der Waals surface area contributed by atoms with Gasteiger partial charge < -0.3 is 0 Å². The number of nitriles is 1. The first kappa shape index (κ1) is 8.89. The Morgan fingerprint density at radius 1 is 1.80 bits per heavy atom. The number of hydrogen-bond acceptors (Lipinski definition) is 1. The Morgan fingerprint density at radius 2 is 2.00 bits per heavy atom. The molecule has 0 aromatic heterocycles. The monoisotopic (exact) mass is 111 g/mol. The molecule has 5 heavy (non-hydrogen) atoms. The van der Waals surface area contributed by atoms with Gasteiger partial charge in [0.25, 0.3) is 0 Å². The van der Waals surface area contributed by atoms with Crippen molar-refractivity contribution in [3.05, 3.63) is 0 Å². The average molecular weight is 111 g/mol. The van der Waals surface area contributed by atoms with E-state index < -0.39 is 0 Å². The van der Waals surface area contributed by atoms with Gasteiger partial charge in [0.1, 0.15) is 0 Å².